The first kappa shape index (κ1) is 11.5. The van der Waals surface area contributed by atoms with E-state index in [0.29, 0.717) is 0 Å². The Bertz CT molecular complexity index is 480. The maximum Gasteiger partial charge on any atom is 0.132 e. The van der Waals surface area contributed by atoms with E-state index in [1.165, 1.54) is 5.56 Å². The molecule has 3 nitrogen and oxygen atoms in total. The van der Waals surface area contributed by atoms with Crippen LogP contribution in [0, 0.1) is 0 Å². The fourth-order valence-corrected chi connectivity index (χ4v) is 1.54. The number of anilines is 1. The zero-order chi connectivity index (χ0) is 12.1. The van der Waals surface area contributed by atoms with Gasteiger partial charge in [0.25, 0.3) is 0 Å². The van der Waals surface area contributed by atoms with Crippen LogP contribution in [0.2, 0.25) is 0 Å². The van der Waals surface area contributed by atoms with E-state index in [4.69, 9.17) is 4.74 Å². The Kier molecular flexibility index (Phi) is 3.60. The molecule has 0 radical (unpaired) electrons. The van der Waals surface area contributed by atoms with Crippen LogP contribution in [0.15, 0.2) is 42.6 Å². The first-order valence-corrected chi connectivity index (χ1v) is 5.72. The minimum Gasteiger partial charge on any atom is -0.457 e. The van der Waals surface area contributed by atoms with Gasteiger partial charge < -0.3 is 10.1 Å². The number of nitrogens with one attached hydrogen (secondary N) is 1. The van der Waals surface area contributed by atoms with Crippen LogP contribution >= 0.6 is 0 Å². The number of benzene rings is 1. The number of aryl methyl sites for hydroxylation is 1. The minimum absolute atomic E-state index is 0.786. The summed E-state index contributed by atoms with van der Waals surface area (Å²) in [6, 6.07) is 11.8. The van der Waals surface area contributed by atoms with Crippen molar-refractivity contribution in [3.8, 4) is 11.5 Å². The average Bonchev–Trinajstić information content (AvgIpc) is 2.40. The molecule has 0 saturated carbocycles. The molecule has 2 aromatic rings. The summed E-state index contributed by atoms with van der Waals surface area (Å²) < 4.78 is 5.74. The van der Waals surface area contributed by atoms with Crippen molar-refractivity contribution in [3.63, 3.8) is 0 Å². The van der Waals surface area contributed by atoms with Gasteiger partial charge in [0.2, 0.25) is 0 Å². The van der Waals surface area contributed by atoms with Crippen molar-refractivity contribution in [2.45, 2.75) is 13.3 Å². The normalized spacial score (nSPS) is 10.0. The summed E-state index contributed by atoms with van der Waals surface area (Å²) in [5.41, 5.74) is 1.31. The van der Waals surface area contributed by atoms with Gasteiger partial charge in [-0.15, -0.1) is 0 Å². The molecule has 0 aliphatic rings. The SMILES string of the molecule is CCc1ccc(Oc2ccnc(NC)c2)cc1. The van der Waals surface area contributed by atoms with Gasteiger partial charge in [-0.1, -0.05) is 19.1 Å². The number of rotatable bonds is 4. The molecule has 0 bridgehead atoms. The lowest BCUT2D eigenvalue weighted by Gasteiger charge is -2.07. The monoisotopic (exact) mass is 228 g/mol. The second kappa shape index (κ2) is 5.34. The van der Waals surface area contributed by atoms with E-state index < -0.39 is 0 Å². The van der Waals surface area contributed by atoms with Crippen LogP contribution in [0.1, 0.15) is 12.5 Å². The molecule has 2 rings (SSSR count). The van der Waals surface area contributed by atoms with Gasteiger partial charge in [0, 0.05) is 19.3 Å². The van der Waals surface area contributed by atoms with Crippen LogP contribution in [0.5, 0.6) is 11.5 Å². The summed E-state index contributed by atoms with van der Waals surface area (Å²) in [7, 11) is 1.84. The third-order valence-electron chi connectivity index (χ3n) is 2.55. The second-order valence-electron chi connectivity index (χ2n) is 3.73. The van der Waals surface area contributed by atoms with Gasteiger partial charge in [0.05, 0.1) is 0 Å². The van der Waals surface area contributed by atoms with Crippen LogP contribution in [-0.2, 0) is 6.42 Å². The summed E-state index contributed by atoms with van der Waals surface area (Å²) >= 11 is 0. The number of hydrogen-bond donors (Lipinski definition) is 1. The highest BCUT2D eigenvalue weighted by Crippen LogP contribution is 2.23. The molecule has 3 heteroatoms. The van der Waals surface area contributed by atoms with E-state index in [2.05, 4.69) is 29.4 Å². The Morgan fingerprint density at radius 3 is 2.53 bits per heavy atom. The molecule has 88 valence electrons. The van der Waals surface area contributed by atoms with Crippen molar-refractivity contribution in [3.05, 3.63) is 48.2 Å². The third-order valence-corrected chi connectivity index (χ3v) is 2.55. The highest BCUT2D eigenvalue weighted by Gasteiger charge is 1.99. The lowest BCUT2D eigenvalue weighted by Crippen LogP contribution is -1.92. The van der Waals surface area contributed by atoms with E-state index >= 15 is 0 Å². The van der Waals surface area contributed by atoms with Gasteiger partial charge >= 0.3 is 0 Å². The number of pyridine rings is 1. The van der Waals surface area contributed by atoms with Gasteiger partial charge in [-0.25, -0.2) is 4.98 Å². The molecular formula is C14H16N2O. The Balaban J connectivity index is 2.13. The number of ether oxygens (including phenoxy) is 1. The van der Waals surface area contributed by atoms with Gasteiger partial charge in [-0.3, -0.25) is 0 Å². The van der Waals surface area contributed by atoms with E-state index in [1.807, 2.05) is 31.3 Å². The molecule has 0 aliphatic heterocycles. The molecule has 0 atom stereocenters. The van der Waals surface area contributed by atoms with Crippen molar-refractivity contribution in [1.82, 2.24) is 4.98 Å². The van der Waals surface area contributed by atoms with E-state index in [1.54, 1.807) is 6.20 Å². The predicted molar refractivity (Wildman–Crippen MR) is 69.7 cm³/mol. The molecule has 1 aromatic heterocycles. The molecule has 1 heterocycles. The Labute approximate surface area is 101 Å². The highest BCUT2D eigenvalue weighted by molar-refractivity contribution is 5.42. The lowest BCUT2D eigenvalue weighted by molar-refractivity contribution is 0.482. The maximum atomic E-state index is 5.74. The van der Waals surface area contributed by atoms with Crippen LogP contribution in [0.25, 0.3) is 0 Å². The second-order valence-corrected chi connectivity index (χ2v) is 3.73. The zero-order valence-electron chi connectivity index (χ0n) is 10.1. The average molecular weight is 228 g/mol. The Morgan fingerprint density at radius 1 is 1.12 bits per heavy atom. The summed E-state index contributed by atoms with van der Waals surface area (Å²) in [5, 5.41) is 2.98. The molecule has 0 aliphatic carbocycles. The van der Waals surface area contributed by atoms with Crippen molar-refractivity contribution < 1.29 is 4.74 Å². The molecule has 0 spiro atoms. The van der Waals surface area contributed by atoms with Crippen molar-refractivity contribution in [2.24, 2.45) is 0 Å². The smallest absolute Gasteiger partial charge is 0.132 e. The van der Waals surface area contributed by atoms with E-state index in [-0.39, 0.29) is 0 Å². The van der Waals surface area contributed by atoms with Crippen molar-refractivity contribution >= 4 is 5.82 Å². The van der Waals surface area contributed by atoms with E-state index in [0.717, 1.165) is 23.7 Å². The fourth-order valence-electron chi connectivity index (χ4n) is 1.54. The standard InChI is InChI=1S/C14H16N2O/c1-3-11-4-6-12(7-5-11)17-13-8-9-16-14(10-13)15-2/h4-10H,3H2,1-2H3,(H,15,16). The van der Waals surface area contributed by atoms with Gasteiger partial charge in [0.15, 0.2) is 0 Å². The Morgan fingerprint density at radius 2 is 1.88 bits per heavy atom. The predicted octanol–water partition coefficient (Wildman–Crippen LogP) is 3.48. The topological polar surface area (TPSA) is 34.1 Å². The fraction of sp³-hybridized carbons (Fsp3) is 0.214. The molecule has 0 unspecified atom stereocenters. The maximum absolute atomic E-state index is 5.74. The summed E-state index contributed by atoms with van der Waals surface area (Å²) in [6.07, 6.45) is 2.76. The quantitative estimate of drug-likeness (QED) is 0.870. The van der Waals surface area contributed by atoms with Crippen molar-refractivity contribution in [2.75, 3.05) is 12.4 Å². The first-order chi connectivity index (χ1) is 8.31. The third kappa shape index (κ3) is 2.97. The molecular weight excluding hydrogens is 212 g/mol. The number of aromatic nitrogens is 1. The molecule has 0 amide bonds. The highest BCUT2D eigenvalue weighted by atomic mass is 16.5. The molecule has 1 aromatic carbocycles. The molecule has 0 fully saturated rings. The van der Waals surface area contributed by atoms with Gasteiger partial charge in [-0.2, -0.15) is 0 Å². The van der Waals surface area contributed by atoms with Crippen LogP contribution < -0.4 is 10.1 Å². The van der Waals surface area contributed by atoms with E-state index in [9.17, 15) is 0 Å². The number of nitrogens with zero attached hydrogens (tertiary/aromatic N) is 1. The summed E-state index contributed by atoms with van der Waals surface area (Å²) in [6.45, 7) is 2.14. The summed E-state index contributed by atoms with van der Waals surface area (Å²) in [5.74, 6) is 2.43. The summed E-state index contributed by atoms with van der Waals surface area (Å²) in [4.78, 5) is 4.14. The number of hydrogen-bond acceptors (Lipinski definition) is 3. The zero-order valence-corrected chi connectivity index (χ0v) is 10.1. The minimum atomic E-state index is 0.786. The molecule has 17 heavy (non-hydrogen) atoms. The molecule has 0 saturated heterocycles. The van der Waals surface area contributed by atoms with Crippen molar-refractivity contribution in [1.29, 1.82) is 0 Å². The van der Waals surface area contributed by atoms with Crippen LogP contribution in [-0.4, -0.2) is 12.0 Å². The largest absolute Gasteiger partial charge is 0.457 e. The Hall–Kier alpha value is -2.03. The first-order valence-electron chi connectivity index (χ1n) is 5.72. The van der Waals surface area contributed by atoms with Crippen LogP contribution in [0.4, 0.5) is 5.82 Å². The van der Waals surface area contributed by atoms with Crippen LogP contribution in [0.3, 0.4) is 0 Å². The molecule has 1 N–H and O–H groups in total. The van der Waals surface area contributed by atoms with Gasteiger partial charge in [-0.05, 0) is 30.2 Å². The lowest BCUT2D eigenvalue weighted by atomic mass is 10.2. The van der Waals surface area contributed by atoms with Gasteiger partial charge in [0.1, 0.15) is 17.3 Å².